The molecule has 90 valence electrons. The molecule has 0 bridgehead atoms. The van der Waals surface area contributed by atoms with Gasteiger partial charge in [-0.2, -0.15) is 0 Å². The number of furan rings is 1. The molecule has 8 heteroatoms. The Balaban J connectivity index is 2.18. The van der Waals surface area contributed by atoms with Crippen molar-refractivity contribution in [1.29, 1.82) is 0 Å². The fourth-order valence-electron chi connectivity index (χ4n) is 1.62. The van der Waals surface area contributed by atoms with Gasteiger partial charge in [0.2, 0.25) is 5.82 Å². The van der Waals surface area contributed by atoms with Gasteiger partial charge in [-0.1, -0.05) is 0 Å². The summed E-state index contributed by atoms with van der Waals surface area (Å²) in [5.41, 5.74) is 6.78. The monoisotopic (exact) mass is 245 g/mol. The van der Waals surface area contributed by atoms with Crippen LogP contribution in [0, 0.1) is 10.1 Å². The highest BCUT2D eigenvalue weighted by Crippen LogP contribution is 2.25. The lowest BCUT2D eigenvalue weighted by Gasteiger charge is -1.97. The second-order valence-corrected chi connectivity index (χ2v) is 3.61. The van der Waals surface area contributed by atoms with E-state index in [1.165, 1.54) is 12.1 Å². The van der Waals surface area contributed by atoms with Gasteiger partial charge in [-0.05, 0) is 18.2 Å². The molecule has 18 heavy (non-hydrogen) atoms. The van der Waals surface area contributed by atoms with Crippen LogP contribution in [0.2, 0.25) is 0 Å². The largest absolute Gasteiger partial charge is 0.433 e. The molecule has 0 unspecified atom stereocenters. The van der Waals surface area contributed by atoms with E-state index in [1.807, 2.05) is 0 Å². The smallest absolute Gasteiger partial charge is 0.398 e. The molecule has 0 atom stereocenters. The lowest BCUT2D eigenvalue weighted by molar-refractivity contribution is -0.401. The highest BCUT2D eigenvalue weighted by atomic mass is 16.6. The van der Waals surface area contributed by atoms with E-state index in [0.717, 1.165) is 0 Å². The van der Waals surface area contributed by atoms with Gasteiger partial charge in [0, 0.05) is 11.9 Å². The molecule has 3 aromatic heterocycles. The van der Waals surface area contributed by atoms with Crippen LogP contribution >= 0.6 is 0 Å². The summed E-state index contributed by atoms with van der Waals surface area (Å²) in [6.45, 7) is 0. The number of nitrogens with zero attached hydrogens (tertiary/aromatic N) is 4. The molecule has 0 saturated carbocycles. The Morgan fingerprint density at radius 3 is 2.83 bits per heavy atom. The third-order valence-corrected chi connectivity index (χ3v) is 2.42. The zero-order chi connectivity index (χ0) is 12.7. The predicted molar refractivity (Wildman–Crippen MR) is 61.8 cm³/mol. The highest BCUT2D eigenvalue weighted by Gasteiger charge is 2.17. The summed E-state index contributed by atoms with van der Waals surface area (Å²) in [6, 6.07) is 6.13. The number of nitrogen functional groups attached to an aromatic ring is 1. The number of nitrogens with two attached hydrogens (primary N) is 1. The lowest BCUT2D eigenvalue weighted by atomic mass is 10.4. The van der Waals surface area contributed by atoms with Crippen LogP contribution in [0.15, 0.2) is 34.9 Å². The summed E-state index contributed by atoms with van der Waals surface area (Å²) in [5, 5.41) is 18.4. The fourth-order valence-corrected chi connectivity index (χ4v) is 1.62. The molecule has 2 N–H and O–H groups in total. The molecular formula is C10H7N5O3. The zero-order valence-electron chi connectivity index (χ0n) is 8.98. The molecular weight excluding hydrogens is 238 g/mol. The fraction of sp³-hybridized carbons (Fsp3) is 0. The number of anilines is 1. The Morgan fingerprint density at radius 2 is 2.11 bits per heavy atom. The molecule has 8 nitrogen and oxygen atoms in total. The van der Waals surface area contributed by atoms with Gasteiger partial charge in [-0.15, -0.1) is 10.2 Å². The number of nitro groups is 1. The van der Waals surface area contributed by atoms with Crippen molar-refractivity contribution in [2.45, 2.75) is 0 Å². The molecule has 3 heterocycles. The Morgan fingerprint density at radius 1 is 1.28 bits per heavy atom. The van der Waals surface area contributed by atoms with Crippen LogP contribution in [0.4, 0.5) is 11.6 Å². The Kier molecular flexibility index (Phi) is 2.03. The van der Waals surface area contributed by atoms with Gasteiger partial charge in [-0.3, -0.25) is 14.5 Å². The normalized spacial score (nSPS) is 10.9. The van der Waals surface area contributed by atoms with Crippen molar-refractivity contribution in [3.8, 4) is 11.6 Å². The number of hydrogen-bond donors (Lipinski definition) is 1. The van der Waals surface area contributed by atoms with Gasteiger partial charge in [0.25, 0.3) is 0 Å². The second kappa shape index (κ2) is 3.55. The summed E-state index contributed by atoms with van der Waals surface area (Å²) in [7, 11) is 0. The first-order chi connectivity index (χ1) is 8.65. The van der Waals surface area contributed by atoms with Crippen LogP contribution in [-0.2, 0) is 0 Å². The lowest BCUT2D eigenvalue weighted by Crippen LogP contribution is -1.92. The molecule has 0 fully saturated rings. The number of pyridine rings is 1. The first-order valence-corrected chi connectivity index (χ1v) is 5.00. The molecule has 0 aliphatic heterocycles. The van der Waals surface area contributed by atoms with E-state index in [9.17, 15) is 10.1 Å². The van der Waals surface area contributed by atoms with E-state index in [4.69, 9.17) is 10.2 Å². The molecule has 0 spiro atoms. The number of aromatic nitrogens is 3. The van der Waals surface area contributed by atoms with Crippen LogP contribution < -0.4 is 5.73 Å². The summed E-state index contributed by atoms with van der Waals surface area (Å²) >= 11 is 0. The third kappa shape index (κ3) is 1.47. The SMILES string of the molecule is Nc1ccc2nnc(-c3ccc([N+](=O)[O-])o3)n2c1. The maximum absolute atomic E-state index is 10.6. The van der Waals surface area contributed by atoms with Crippen molar-refractivity contribution in [3.63, 3.8) is 0 Å². The van der Waals surface area contributed by atoms with E-state index in [2.05, 4.69) is 10.2 Å². The average Bonchev–Trinajstić information content (AvgIpc) is 2.93. The molecule has 0 aliphatic carbocycles. The summed E-state index contributed by atoms with van der Waals surface area (Å²) in [6.07, 6.45) is 1.62. The Bertz CT molecular complexity index is 745. The minimum Gasteiger partial charge on any atom is -0.398 e. The Hall–Kier alpha value is -2.90. The topological polar surface area (TPSA) is 112 Å². The first-order valence-electron chi connectivity index (χ1n) is 5.00. The number of fused-ring (bicyclic) bond motifs is 1. The molecule has 0 amide bonds. The molecule has 0 saturated heterocycles. The van der Waals surface area contributed by atoms with E-state index in [1.54, 1.807) is 22.7 Å². The van der Waals surface area contributed by atoms with Crippen molar-refractivity contribution in [2.24, 2.45) is 0 Å². The summed E-state index contributed by atoms with van der Waals surface area (Å²) < 4.78 is 6.68. The average molecular weight is 245 g/mol. The van der Waals surface area contributed by atoms with Gasteiger partial charge >= 0.3 is 5.88 Å². The molecule has 0 radical (unpaired) electrons. The quantitative estimate of drug-likeness (QED) is 0.540. The van der Waals surface area contributed by atoms with Crippen LogP contribution in [-0.4, -0.2) is 19.5 Å². The minimum atomic E-state index is -0.610. The van der Waals surface area contributed by atoms with Gasteiger partial charge in [-0.25, -0.2) is 0 Å². The van der Waals surface area contributed by atoms with E-state index < -0.39 is 4.92 Å². The van der Waals surface area contributed by atoms with Gasteiger partial charge < -0.3 is 10.2 Å². The molecule has 3 aromatic rings. The molecule has 0 aromatic carbocycles. The third-order valence-electron chi connectivity index (χ3n) is 2.42. The summed E-state index contributed by atoms with van der Waals surface area (Å²) in [4.78, 5) is 9.94. The number of rotatable bonds is 2. The maximum Gasteiger partial charge on any atom is 0.433 e. The van der Waals surface area contributed by atoms with Crippen molar-refractivity contribution in [1.82, 2.24) is 14.6 Å². The zero-order valence-corrected chi connectivity index (χ0v) is 8.98. The van der Waals surface area contributed by atoms with Crippen molar-refractivity contribution < 1.29 is 9.34 Å². The van der Waals surface area contributed by atoms with Crippen molar-refractivity contribution in [2.75, 3.05) is 5.73 Å². The number of hydrogen-bond acceptors (Lipinski definition) is 6. The van der Waals surface area contributed by atoms with E-state index in [-0.39, 0.29) is 11.6 Å². The maximum atomic E-state index is 10.6. The minimum absolute atomic E-state index is 0.264. The molecule has 0 aliphatic rings. The van der Waals surface area contributed by atoms with Crippen LogP contribution in [0.1, 0.15) is 0 Å². The highest BCUT2D eigenvalue weighted by molar-refractivity contribution is 5.57. The van der Waals surface area contributed by atoms with Crippen molar-refractivity contribution >= 4 is 17.2 Å². The van der Waals surface area contributed by atoms with Crippen molar-refractivity contribution in [3.05, 3.63) is 40.6 Å². The van der Waals surface area contributed by atoms with Gasteiger partial charge in [0.05, 0.1) is 6.07 Å². The standard InChI is InChI=1S/C10H7N5O3/c11-6-1-3-8-12-13-10(14(8)5-6)7-2-4-9(18-7)15(16)17/h1-5H,11H2. The van der Waals surface area contributed by atoms with Crippen LogP contribution in [0.3, 0.4) is 0 Å². The van der Waals surface area contributed by atoms with Crippen LogP contribution in [0.25, 0.3) is 17.2 Å². The van der Waals surface area contributed by atoms with E-state index >= 15 is 0 Å². The van der Waals surface area contributed by atoms with E-state index in [0.29, 0.717) is 17.2 Å². The first kappa shape index (κ1) is 10.3. The second-order valence-electron chi connectivity index (χ2n) is 3.61. The van der Waals surface area contributed by atoms with Gasteiger partial charge in [0.15, 0.2) is 11.4 Å². The van der Waals surface area contributed by atoms with Crippen LogP contribution in [0.5, 0.6) is 0 Å². The summed E-state index contributed by atoms with van der Waals surface area (Å²) in [5.74, 6) is 0.288. The van der Waals surface area contributed by atoms with Gasteiger partial charge in [0.1, 0.15) is 4.92 Å². The predicted octanol–water partition coefficient (Wildman–Crippen LogP) is 1.48. The Labute approximate surface area is 99.8 Å². The molecule has 3 rings (SSSR count).